The van der Waals surface area contributed by atoms with E-state index in [0.717, 1.165) is 37.7 Å². The van der Waals surface area contributed by atoms with Crippen LogP contribution in [0, 0.1) is 0 Å². The van der Waals surface area contributed by atoms with E-state index >= 15 is 0 Å². The molecule has 0 radical (unpaired) electrons. The lowest BCUT2D eigenvalue weighted by Crippen LogP contribution is -2.53. The van der Waals surface area contributed by atoms with Gasteiger partial charge in [0.1, 0.15) is 17.4 Å². The third-order valence-corrected chi connectivity index (χ3v) is 5.00. The first kappa shape index (κ1) is 20.2. The Kier molecular flexibility index (Phi) is 6.89. The van der Waals surface area contributed by atoms with Crippen LogP contribution in [-0.4, -0.2) is 65.9 Å². The Bertz CT molecular complexity index is 755. The van der Waals surface area contributed by atoms with Crippen molar-refractivity contribution in [2.24, 2.45) is 0 Å². The first-order valence-corrected chi connectivity index (χ1v) is 9.76. The van der Waals surface area contributed by atoms with Gasteiger partial charge in [0.15, 0.2) is 0 Å². The van der Waals surface area contributed by atoms with Gasteiger partial charge in [-0.2, -0.15) is 9.97 Å². The number of piperazine rings is 1. The van der Waals surface area contributed by atoms with Gasteiger partial charge in [-0.1, -0.05) is 12.1 Å². The highest BCUT2D eigenvalue weighted by Gasteiger charge is 2.27. The number of anilines is 3. The second-order valence-corrected chi connectivity index (χ2v) is 6.88. The molecular weight excluding hydrogens is 356 g/mol. The molecule has 8 heteroatoms. The number of rotatable bonds is 8. The van der Waals surface area contributed by atoms with Gasteiger partial charge in [0.05, 0.1) is 6.61 Å². The van der Waals surface area contributed by atoms with Gasteiger partial charge in [-0.15, -0.1) is 0 Å². The number of nitrogens with one attached hydrogen (secondary N) is 1. The molecular formula is C20H30N6O2. The normalized spacial score (nSPS) is 17.5. The zero-order valence-corrected chi connectivity index (χ0v) is 16.6. The molecule has 0 aliphatic carbocycles. The van der Waals surface area contributed by atoms with Crippen LogP contribution in [0.4, 0.5) is 17.6 Å². The van der Waals surface area contributed by atoms with Crippen LogP contribution >= 0.6 is 0 Å². The molecule has 2 aromatic rings. The van der Waals surface area contributed by atoms with Crippen molar-refractivity contribution < 1.29 is 9.84 Å². The summed E-state index contributed by atoms with van der Waals surface area (Å²) in [5.41, 5.74) is 7.09. The van der Waals surface area contributed by atoms with Crippen molar-refractivity contribution in [3.05, 3.63) is 35.9 Å². The zero-order chi connectivity index (χ0) is 19.9. The van der Waals surface area contributed by atoms with E-state index in [4.69, 9.17) is 10.5 Å². The highest BCUT2D eigenvalue weighted by Crippen LogP contribution is 2.23. The topological polar surface area (TPSA) is 99.8 Å². The molecule has 1 aromatic carbocycles. The van der Waals surface area contributed by atoms with Gasteiger partial charge in [0.2, 0.25) is 5.95 Å². The molecule has 1 aliphatic heterocycles. The van der Waals surface area contributed by atoms with Crippen LogP contribution < -0.4 is 20.7 Å². The monoisotopic (exact) mass is 386 g/mol. The van der Waals surface area contributed by atoms with E-state index in [1.807, 2.05) is 32.2 Å². The minimum absolute atomic E-state index is 0.159. The minimum atomic E-state index is 0.159. The summed E-state index contributed by atoms with van der Waals surface area (Å²) in [5, 5.41) is 12.6. The molecule has 1 saturated heterocycles. The quantitative estimate of drug-likeness (QED) is 0.629. The lowest BCUT2D eigenvalue weighted by molar-refractivity contribution is 0.135. The standard InChI is InChI=1S/C20H30N6O2/c1-3-28-17-6-4-15(5-7-17)13-25-9-10-26(14-16(25)8-11-27)19-12-18(22-2)23-20(21)24-19/h4-7,12,16,27H,3,8-11,13-14H2,1-2H3,(H3,21,22,23,24)/t16-/m1/s1. The van der Waals surface area contributed by atoms with Crippen LogP contribution in [0.15, 0.2) is 30.3 Å². The number of ether oxygens (including phenoxy) is 1. The van der Waals surface area contributed by atoms with Crippen LogP contribution in [0.25, 0.3) is 0 Å². The van der Waals surface area contributed by atoms with Crippen LogP contribution in [0.2, 0.25) is 0 Å². The summed E-state index contributed by atoms with van der Waals surface area (Å²) < 4.78 is 5.52. The Morgan fingerprint density at radius 3 is 2.71 bits per heavy atom. The Balaban J connectivity index is 1.69. The van der Waals surface area contributed by atoms with Gasteiger partial charge < -0.3 is 25.8 Å². The molecule has 8 nitrogen and oxygen atoms in total. The fourth-order valence-corrected chi connectivity index (χ4v) is 3.57. The summed E-state index contributed by atoms with van der Waals surface area (Å²) in [6.45, 7) is 6.18. The molecule has 3 rings (SSSR count). The van der Waals surface area contributed by atoms with Gasteiger partial charge in [0, 0.05) is 51.9 Å². The number of aliphatic hydroxyl groups excluding tert-OH is 1. The number of benzene rings is 1. The largest absolute Gasteiger partial charge is 0.494 e. The van der Waals surface area contributed by atoms with Crippen molar-refractivity contribution in [1.29, 1.82) is 0 Å². The number of hydrogen-bond donors (Lipinski definition) is 3. The zero-order valence-electron chi connectivity index (χ0n) is 16.6. The van der Waals surface area contributed by atoms with E-state index in [1.165, 1.54) is 5.56 Å². The first-order chi connectivity index (χ1) is 13.6. The van der Waals surface area contributed by atoms with E-state index in [9.17, 15) is 5.11 Å². The van der Waals surface area contributed by atoms with Gasteiger partial charge in [-0.25, -0.2) is 0 Å². The first-order valence-electron chi connectivity index (χ1n) is 9.76. The van der Waals surface area contributed by atoms with E-state index < -0.39 is 0 Å². The molecule has 0 spiro atoms. The number of aromatic nitrogens is 2. The number of nitrogen functional groups attached to an aromatic ring is 1. The van der Waals surface area contributed by atoms with Crippen molar-refractivity contribution >= 4 is 17.6 Å². The molecule has 152 valence electrons. The third-order valence-electron chi connectivity index (χ3n) is 5.00. The van der Waals surface area contributed by atoms with Crippen molar-refractivity contribution in [2.75, 3.05) is 55.8 Å². The summed E-state index contributed by atoms with van der Waals surface area (Å²) in [6.07, 6.45) is 0.715. The maximum atomic E-state index is 9.56. The Morgan fingerprint density at radius 1 is 1.25 bits per heavy atom. The average molecular weight is 387 g/mol. The Labute approximate surface area is 166 Å². The summed E-state index contributed by atoms with van der Waals surface area (Å²) in [4.78, 5) is 13.2. The molecule has 28 heavy (non-hydrogen) atoms. The van der Waals surface area contributed by atoms with Gasteiger partial charge >= 0.3 is 0 Å². The van der Waals surface area contributed by atoms with E-state index in [-0.39, 0.29) is 18.6 Å². The van der Waals surface area contributed by atoms with Gasteiger partial charge in [0.25, 0.3) is 0 Å². The van der Waals surface area contributed by atoms with E-state index in [0.29, 0.717) is 18.8 Å². The third kappa shape index (κ3) is 5.02. The fraction of sp³-hybridized carbons (Fsp3) is 0.500. The van der Waals surface area contributed by atoms with Crippen LogP contribution in [0.1, 0.15) is 18.9 Å². The second-order valence-electron chi connectivity index (χ2n) is 6.88. The summed E-state index contributed by atoms with van der Waals surface area (Å²) in [6, 6.07) is 10.4. The molecule has 0 saturated carbocycles. The summed E-state index contributed by atoms with van der Waals surface area (Å²) >= 11 is 0. The summed E-state index contributed by atoms with van der Waals surface area (Å²) in [7, 11) is 1.81. The highest BCUT2D eigenvalue weighted by molar-refractivity contribution is 5.52. The fourth-order valence-electron chi connectivity index (χ4n) is 3.57. The smallest absolute Gasteiger partial charge is 0.223 e. The lowest BCUT2D eigenvalue weighted by atomic mass is 10.1. The highest BCUT2D eigenvalue weighted by atomic mass is 16.5. The van der Waals surface area contributed by atoms with Crippen LogP contribution in [0.3, 0.4) is 0 Å². The minimum Gasteiger partial charge on any atom is -0.494 e. The van der Waals surface area contributed by atoms with Crippen molar-refractivity contribution in [1.82, 2.24) is 14.9 Å². The molecule has 0 bridgehead atoms. The SMILES string of the molecule is CCOc1ccc(CN2CCN(c3cc(NC)nc(N)n3)C[C@H]2CCO)cc1. The molecule has 1 aromatic heterocycles. The van der Waals surface area contributed by atoms with Crippen molar-refractivity contribution in [3.63, 3.8) is 0 Å². The molecule has 4 N–H and O–H groups in total. The maximum Gasteiger partial charge on any atom is 0.223 e. The molecule has 1 atom stereocenters. The van der Waals surface area contributed by atoms with E-state index in [2.05, 4.69) is 37.2 Å². The number of aliphatic hydroxyl groups is 1. The Morgan fingerprint density at radius 2 is 2.04 bits per heavy atom. The number of nitrogens with zero attached hydrogens (tertiary/aromatic N) is 4. The van der Waals surface area contributed by atoms with Gasteiger partial charge in [-0.05, 0) is 31.0 Å². The van der Waals surface area contributed by atoms with Crippen LogP contribution in [0.5, 0.6) is 5.75 Å². The molecule has 2 heterocycles. The predicted molar refractivity (Wildman–Crippen MR) is 112 cm³/mol. The lowest BCUT2D eigenvalue weighted by Gasteiger charge is -2.42. The number of hydrogen-bond acceptors (Lipinski definition) is 8. The van der Waals surface area contributed by atoms with E-state index in [1.54, 1.807) is 0 Å². The maximum absolute atomic E-state index is 9.56. The summed E-state index contributed by atoms with van der Waals surface area (Å²) in [5.74, 6) is 2.68. The van der Waals surface area contributed by atoms with Crippen molar-refractivity contribution in [2.45, 2.75) is 25.9 Å². The predicted octanol–water partition coefficient (Wildman–Crippen LogP) is 1.57. The van der Waals surface area contributed by atoms with Gasteiger partial charge in [-0.3, -0.25) is 4.90 Å². The molecule has 0 amide bonds. The van der Waals surface area contributed by atoms with Crippen molar-refractivity contribution in [3.8, 4) is 5.75 Å². The molecule has 1 aliphatic rings. The van der Waals surface area contributed by atoms with Crippen LogP contribution in [-0.2, 0) is 6.54 Å². The average Bonchev–Trinajstić information content (AvgIpc) is 2.70. The molecule has 1 fully saturated rings. The molecule has 0 unspecified atom stereocenters. The Hall–Kier alpha value is -2.58. The second kappa shape index (κ2) is 9.57. The number of nitrogens with two attached hydrogens (primary N) is 1.